The van der Waals surface area contributed by atoms with Crippen molar-refractivity contribution in [2.45, 2.75) is 26.2 Å². The monoisotopic (exact) mass is 231 g/mol. The molecule has 1 heterocycles. The third kappa shape index (κ3) is 1.58. The molecule has 0 aliphatic heterocycles. The molecule has 0 spiro atoms. The molecular formula is C8H10BrNO2. The van der Waals surface area contributed by atoms with E-state index in [1.165, 1.54) is 0 Å². The van der Waals surface area contributed by atoms with Gasteiger partial charge in [0.25, 0.3) is 0 Å². The minimum Gasteiger partial charge on any atom is -0.359 e. The molecule has 0 bridgehead atoms. The van der Waals surface area contributed by atoms with E-state index in [2.05, 4.69) is 21.1 Å². The first-order valence-electron chi connectivity index (χ1n) is 3.57. The fraction of sp³-hybridized carbons (Fsp3) is 0.500. The summed E-state index contributed by atoms with van der Waals surface area (Å²) < 4.78 is 5.50. The molecule has 0 atom stereocenters. The van der Waals surface area contributed by atoms with Gasteiger partial charge in [-0.05, 0) is 15.9 Å². The van der Waals surface area contributed by atoms with E-state index in [9.17, 15) is 4.79 Å². The van der Waals surface area contributed by atoms with Crippen LogP contribution in [0.25, 0.3) is 0 Å². The van der Waals surface area contributed by atoms with Crippen LogP contribution in [0.2, 0.25) is 0 Å². The molecule has 0 saturated carbocycles. The van der Waals surface area contributed by atoms with Crippen molar-refractivity contribution >= 4 is 22.2 Å². The summed E-state index contributed by atoms with van der Waals surface area (Å²) in [6.07, 6.45) is 0.751. The van der Waals surface area contributed by atoms with Gasteiger partial charge in [0.1, 0.15) is 0 Å². The van der Waals surface area contributed by atoms with E-state index in [0.717, 1.165) is 6.29 Å². The Balaban J connectivity index is 3.25. The third-order valence-corrected chi connectivity index (χ3v) is 2.05. The normalized spacial score (nSPS) is 11.7. The highest BCUT2D eigenvalue weighted by Crippen LogP contribution is 2.28. The zero-order valence-electron chi connectivity index (χ0n) is 7.22. The van der Waals surface area contributed by atoms with E-state index >= 15 is 0 Å². The van der Waals surface area contributed by atoms with Crippen LogP contribution in [0.15, 0.2) is 9.13 Å². The van der Waals surface area contributed by atoms with Gasteiger partial charge >= 0.3 is 0 Å². The number of rotatable bonds is 1. The zero-order chi connectivity index (χ0) is 9.35. The zero-order valence-corrected chi connectivity index (χ0v) is 8.81. The second-order valence-electron chi connectivity index (χ2n) is 3.58. The Kier molecular flexibility index (Phi) is 2.37. The smallest absolute Gasteiger partial charge is 0.160 e. The van der Waals surface area contributed by atoms with Gasteiger partial charge in [-0.1, -0.05) is 25.9 Å². The minimum absolute atomic E-state index is 0.185. The van der Waals surface area contributed by atoms with Crippen molar-refractivity contribution in [2.24, 2.45) is 0 Å². The van der Waals surface area contributed by atoms with Gasteiger partial charge in [0, 0.05) is 5.41 Å². The predicted molar refractivity (Wildman–Crippen MR) is 48.3 cm³/mol. The Morgan fingerprint density at radius 2 is 2.08 bits per heavy atom. The van der Waals surface area contributed by atoms with Gasteiger partial charge in [-0.25, -0.2) is 0 Å². The van der Waals surface area contributed by atoms with Crippen molar-refractivity contribution in [3.8, 4) is 0 Å². The molecule has 0 amide bonds. The summed E-state index contributed by atoms with van der Waals surface area (Å²) in [5, 5.41) is 3.66. The Morgan fingerprint density at radius 3 is 2.42 bits per heavy atom. The third-order valence-electron chi connectivity index (χ3n) is 1.48. The standard InChI is InChI=1S/C8H10BrNO2/c1-8(2,3)6-5(4-11)7(9)10-12-6/h4H,1-3H3. The van der Waals surface area contributed by atoms with Crippen LogP contribution in [0.1, 0.15) is 36.9 Å². The Hall–Kier alpha value is -0.640. The van der Waals surface area contributed by atoms with Crippen molar-refractivity contribution in [3.05, 3.63) is 15.9 Å². The van der Waals surface area contributed by atoms with Gasteiger partial charge < -0.3 is 4.52 Å². The average Bonchev–Trinajstić information content (AvgIpc) is 2.29. The maximum atomic E-state index is 10.6. The maximum Gasteiger partial charge on any atom is 0.160 e. The highest BCUT2D eigenvalue weighted by atomic mass is 79.9. The highest BCUT2D eigenvalue weighted by Gasteiger charge is 2.25. The SMILES string of the molecule is CC(C)(C)c1onc(Br)c1C=O. The molecule has 0 aliphatic rings. The fourth-order valence-corrected chi connectivity index (χ4v) is 1.27. The molecule has 0 aromatic carbocycles. The summed E-state index contributed by atoms with van der Waals surface area (Å²) in [5.74, 6) is 0.615. The van der Waals surface area contributed by atoms with Crippen LogP contribution in [0, 0.1) is 0 Å². The molecule has 1 rings (SSSR count). The van der Waals surface area contributed by atoms with Gasteiger partial charge in [-0.3, -0.25) is 4.79 Å². The first-order valence-corrected chi connectivity index (χ1v) is 4.37. The number of nitrogens with zero attached hydrogens (tertiary/aromatic N) is 1. The Labute approximate surface area is 79.3 Å². The largest absolute Gasteiger partial charge is 0.359 e. The van der Waals surface area contributed by atoms with E-state index in [-0.39, 0.29) is 5.41 Å². The lowest BCUT2D eigenvalue weighted by atomic mass is 9.91. The molecule has 0 unspecified atom stereocenters. The van der Waals surface area contributed by atoms with Crippen molar-refractivity contribution in [2.75, 3.05) is 0 Å². The number of aldehydes is 1. The maximum absolute atomic E-state index is 10.6. The Bertz CT molecular complexity index is 298. The second-order valence-corrected chi connectivity index (χ2v) is 4.34. The molecule has 1 aromatic heterocycles. The number of halogens is 1. The topological polar surface area (TPSA) is 43.1 Å². The predicted octanol–water partition coefficient (Wildman–Crippen LogP) is 2.55. The van der Waals surface area contributed by atoms with E-state index in [1.807, 2.05) is 20.8 Å². The van der Waals surface area contributed by atoms with Crippen LogP contribution in [0.4, 0.5) is 0 Å². The lowest BCUT2D eigenvalue weighted by Crippen LogP contribution is -2.12. The summed E-state index contributed by atoms with van der Waals surface area (Å²) in [6, 6.07) is 0. The van der Waals surface area contributed by atoms with Crippen LogP contribution >= 0.6 is 15.9 Å². The molecule has 0 N–H and O–H groups in total. The van der Waals surface area contributed by atoms with Crippen molar-refractivity contribution in [3.63, 3.8) is 0 Å². The summed E-state index contributed by atoms with van der Waals surface area (Å²) in [4.78, 5) is 10.6. The first kappa shape index (κ1) is 9.45. The van der Waals surface area contributed by atoms with Gasteiger partial charge in [0.2, 0.25) is 0 Å². The molecule has 0 aliphatic carbocycles. The van der Waals surface area contributed by atoms with Crippen molar-refractivity contribution in [1.29, 1.82) is 0 Å². The second kappa shape index (κ2) is 3.01. The number of aromatic nitrogens is 1. The first-order chi connectivity index (χ1) is 5.46. The molecule has 66 valence electrons. The van der Waals surface area contributed by atoms with Crippen molar-refractivity contribution < 1.29 is 9.32 Å². The lowest BCUT2D eigenvalue weighted by Gasteiger charge is -2.13. The minimum atomic E-state index is -0.185. The lowest BCUT2D eigenvalue weighted by molar-refractivity contribution is 0.111. The number of carbonyl (C=O) groups excluding carboxylic acids is 1. The summed E-state index contributed by atoms with van der Waals surface area (Å²) in [6.45, 7) is 5.90. The molecule has 12 heavy (non-hydrogen) atoms. The van der Waals surface area contributed by atoms with Crippen LogP contribution < -0.4 is 0 Å². The molecule has 0 fully saturated rings. The number of hydrogen-bond donors (Lipinski definition) is 0. The molecule has 0 radical (unpaired) electrons. The van der Waals surface area contributed by atoms with Crippen LogP contribution in [-0.4, -0.2) is 11.4 Å². The molecule has 4 heteroatoms. The molecular weight excluding hydrogens is 222 g/mol. The quantitative estimate of drug-likeness (QED) is 0.698. The van der Waals surface area contributed by atoms with Gasteiger partial charge in [-0.15, -0.1) is 0 Å². The van der Waals surface area contributed by atoms with E-state index < -0.39 is 0 Å². The highest BCUT2D eigenvalue weighted by molar-refractivity contribution is 9.10. The van der Waals surface area contributed by atoms with E-state index in [1.54, 1.807) is 0 Å². The molecule has 0 saturated heterocycles. The Morgan fingerprint density at radius 1 is 1.50 bits per heavy atom. The number of carbonyl (C=O) groups is 1. The summed E-state index contributed by atoms with van der Waals surface area (Å²) in [5.41, 5.74) is 0.317. The van der Waals surface area contributed by atoms with Gasteiger partial charge in [0.05, 0.1) is 5.56 Å². The van der Waals surface area contributed by atoms with Crippen LogP contribution in [0.5, 0.6) is 0 Å². The van der Waals surface area contributed by atoms with Gasteiger partial charge in [-0.2, -0.15) is 0 Å². The van der Waals surface area contributed by atoms with Gasteiger partial charge in [0.15, 0.2) is 16.6 Å². The van der Waals surface area contributed by atoms with Crippen LogP contribution in [0.3, 0.4) is 0 Å². The molecule has 1 aromatic rings. The van der Waals surface area contributed by atoms with E-state index in [4.69, 9.17) is 4.52 Å². The number of hydrogen-bond acceptors (Lipinski definition) is 3. The summed E-state index contributed by atoms with van der Waals surface area (Å²) in [7, 11) is 0. The van der Waals surface area contributed by atoms with E-state index in [0.29, 0.717) is 15.9 Å². The van der Waals surface area contributed by atoms with Crippen LogP contribution in [-0.2, 0) is 5.41 Å². The molecule has 3 nitrogen and oxygen atoms in total. The van der Waals surface area contributed by atoms with Crippen molar-refractivity contribution in [1.82, 2.24) is 5.16 Å². The fourth-order valence-electron chi connectivity index (χ4n) is 0.921. The summed E-state index contributed by atoms with van der Waals surface area (Å²) >= 11 is 3.13. The average molecular weight is 232 g/mol.